The molecule has 0 bridgehead atoms. The SMILES string of the molecule is CCCN(CCOc1cccc(F)c1)CC(=O)Nc1ccc(F)c(F)c1F. The summed E-state index contributed by atoms with van der Waals surface area (Å²) in [5.41, 5.74) is -0.425. The molecule has 1 amide bonds. The zero-order valence-corrected chi connectivity index (χ0v) is 14.8. The minimum Gasteiger partial charge on any atom is -0.492 e. The van der Waals surface area contributed by atoms with Crippen molar-refractivity contribution in [2.75, 3.05) is 31.6 Å². The molecule has 2 rings (SSSR count). The lowest BCUT2D eigenvalue weighted by molar-refractivity contribution is -0.117. The molecule has 0 fully saturated rings. The fourth-order valence-corrected chi connectivity index (χ4v) is 2.45. The number of halogens is 4. The molecule has 0 aromatic heterocycles. The van der Waals surface area contributed by atoms with Crippen molar-refractivity contribution < 1.29 is 27.1 Å². The molecular formula is C19H20F4N2O2. The van der Waals surface area contributed by atoms with Gasteiger partial charge in [-0.3, -0.25) is 9.69 Å². The summed E-state index contributed by atoms with van der Waals surface area (Å²) in [6.07, 6.45) is 0.757. The van der Waals surface area contributed by atoms with E-state index in [0.717, 1.165) is 18.6 Å². The van der Waals surface area contributed by atoms with Gasteiger partial charge in [0, 0.05) is 12.6 Å². The van der Waals surface area contributed by atoms with Crippen molar-refractivity contribution in [3.05, 3.63) is 59.7 Å². The van der Waals surface area contributed by atoms with Crippen LogP contribution >= 0.6 is 0 Å². The number of carbonyl (C=O) groups excluding carboxylic acids is 1. The summed E-state index contributed by atoms with van der Waals surface area (Å²) < 4.78 is 58.4. The van der Waals surface area contributed by atoms with E-state index in [9.17, 15) is 22.4 Å². The minimum atomic E-state index is -1.64. The third-order valence-electron chi connectivity index (χ3n) is 3.69. The van der Waals surface area contributed by atoms with Crippen LogP contribution < -0.4 is 10.1 Å². The van der Waals surface area contributed by atoms with Gasteiger partial charge in [0.05, 0.1) is 12.2 Å². The van der Waals surface area contributed by atoms with Crippen LogP contribution in [-0.4, -0.2) is 37.0 Å². The summed E-state index contributed by atoms with van der Waals surface area (Å²) in [5.74, 6) is -5.01. The van der Waals surface area contributed by atoms with E-state index in [0.29, 0.717) is 18.8 Å². The van der Waals surface area contributed by atoms with Crippen molar-refractivity contribution in [2.24, 2.45) is 0 Å². The number of carbonyl (C=O) groups is 1. The average molecular weight is 384 g/mol. The largest absolute Gasteiger partial charge is 0.492 e. The number of anilines is 1. The number of benzene rings is 2. The van der Waals surface area contributed by atoms with E-state index in [-0.39, 0.29) is 13.2 Å². The lowest BCUT2D eigenvalue weighted by Gasteiger charge is -2.21. The van der Waals surface area contributed by atoms with Gasteiger partial charge < -0.3 is 10.1 Å². The highest BCUT2D eigenvalue weighted by molar-refractivity contribution is 5.92. The lowest BCUT2D eigenvalue weighted by atomic mass is 10.2. The molecule has 0 aliphatic rings. The van der Waals surface area contributed by atoms with E-state index in [1.165, 1.54) is 18.2 Å². The van der Waals surface area contributed by atoms with Gasteiger partial charge in [-0.1, -0.05) is 13.0 Å². The molecule has 0 heterocycles. The molecule has 0 saturated carbocycles. The van der Waals surface area contributed by atoms with Gasteiger partial charge in [0.2, 0.25) is 5.91 Å². The number of rotatable bonds is 9. The average Bonchev–Trinajstić information content (AvgIpc) is 2.62. The Kier molecular flexibility index (Phi) is 7.60. The van der Waals surface area contributed by atoms with Crippen molar-refractivity contribution in [2.45, 2.75) is 13.3 Å². The summed E-state index contributed by atoms with van der Waals surface area (Å²) in [4.78, 5) is 13.9. The highest BCUT2D eigenvalue weighted by Gasteiger charge is 2.17. The van der Waals surface area contributed by atoms with Crippen molar-refractivity contribution in [1.82, 2.24) is 4.90 Å². The number of amides is 1. The first-order chi connectivity index (χ1) is 12.9. The number of nitrogens with zero attached hydrogens (tertiary/aromatic N) is 1. The van der Waals surface area contributed by atoms with Gasteiger partial charge in [0.15, 0.2) is 17.5 Å². The Bertz CT molecular complexity index is 786. The Labute approximate surface area is 154 Å². The smallest absolute Gasteiger partial charge is 0.238 e. The van der Waals surface area contributed by atoms with Gasteiger partial charge in [-0.25, -0.2) is 17.6 Å². The van der Waals surface area contributed by atoms with E-state index in [2.05, 4.69) is 5.32 Å². The van der Waals surface area contributed by atoms with Crippen LogP contribution in [0.15, 0.2) is 36.4 Å². The summed E-state index contributed by atoms with van der Waals surface area (Å²) in [5, 5.41) is 2.23. The van der Waals surface area contributed by atoms with E-state index in [1.807, 2.05) is 6.92 Å². The summed E-state index contributed by atoms with van der Waals surface area (Å²) in [6.45, 7) is 3.00. The molecule has 2 aromatic rings. The number of nitrogens with one attached hydrogen (secondary N) is 1. The third kappa shape index (κ3) is 6.25. The monoisotopic (exact) mass is 384 g/mol. The summed E-state index contributed by atoms with van der Waals surface area (Å²) >= 11 is 0. The van der Waals surface area contributed by atoms with Gasteiger partial charge in [0.25, 0.3) is 0 Å². The third-order valence-corrected chi connectivity index (χ3v) is 3.69. The molecule has 146 valence electrons. The molecule has 1 N–H and O–H groups in total. The molecular weight excluding hydrogens is 364 g/mol. The highest BCUT2D eigenvalue weighted by atomic mass is 19.2. The van der Waals surface area contributed by atoms with E-state index in [4.69, 9.17) is 4.74 Å². The molecule has 0 saturated heterocycles. The summed E-state index contributed by atoms with van der Waals surface area (Å²) in [6, 6.07) is 7.40. The Morgan fingerprint density at radius 2 is 1.85 bits per heavy atom. The normalized spacial score (nSPS) is 10.9. The molecule has 0 spiro atoms. The van der Waals surface area contributed by atoms with Crippen LogP contribution in [0.3, 0.4) is 0 Å². The maximum absolute atomic E-state index is 13.6. The standard InChI is InChI=1S/C19H20F4N2O2/c1-2-8-25(9-10-27-14-5-3-4-13(20)11-14)12-17(26)24-16-7-6-15(21)18(22)19(16)23/h3-7,11H,2,8-10,12H2,1H3,(H,24,26). The molecule has 0 aliphatic carbocycles. The van der Waals surface area contributed by atoms with E-state index >= 15 is 0 Å². The van der Waals surface area contributed by atoms with Crippen LogP contribution in [0.5, 0.6) is 5.75 Å². The molecule has 8 heteroatoms. The van der Waals surface area contributed by atoms with Crippen molar-refractivity contribution in [1.29, 1.82) is 0 Å². The molecule has 0 unspecified atom stereocenters. The van der Waals surface area contributed by atoms with Crippen LogP contribution in [0, 0.1) is 23.3 Å². The minimum absolute atomic E-state index is 0.0845. The van der Waals surface area contributed by atoms with Crippen LogP contribution in [0.2, 0.25) is 0 Å². The van der Waals surface area contributed by atoms with Crippen molar-refractivity contribution in [3.8, 4) is 5.75 Å². The maximum Gasteiger partial charge on any atom is 0.238 e. The highest BCUT2D eigenvalue weighted by Crippen LogP contribution is 2.19. The van der Waals surface area contributed by atoms with E-state index in [1.54, 1.807) is 11.0 Å². The fraction of sp³-hybridized carbons (Fsp3) is 0.316. The molecule has 4 nitrogen and oxygen atoms in total. The zero-order chi connectivity index (χ0) is 19.8. The topological polar surface area (TPSA) is 41.6 Å². The predicted octanol–water partition coefficient (Wildman–Crippen LogP) is 3.97. The Hall–Kier alpha value is -2.61. The number of hydrogen-bond donors (Lipinski definition) is 1. The molecule has 0 radical (unpaired) electrons. The van der Waals surface area contributed by atoms with Gasteiger partial charge >= 0.3 is 0 Å². The maximum atomic E-state index is 13.6. The van der Waals surface area contributed by atoms with Crippen LogP contribution in [-0.2, 0) is 4.79 Å². The molecule has 2 aromatic carbocycles. The zero-order valence-electron chi connectivity index (χ0n) is 14.8. The number of ether oxygens (including phenoxy) is 1. The molecule has 0 atom stereocenters. The Morgan fingerprint density at radius 1 is 1.07 bits per heavy atom. The second-order valence-electron chi connectivity index (χ2n) is 5.85. The van der Waals surface area contributed by atoms with Crippen LogP contribution in [0.4, 0.5) is 23.2 Å². The van der Waals surface area contributed by atoms with Gasteiger partial charge in [-0.05, 0) is 37.2 Å². The predicted molar refractivity (Wildman–Crippen MR) is 93.6 cm³/mol. The first-order valence-electron chi connectivity index (χ1n) is 8.44. The quantitative estimate of drug-likeness (QED) is 0.525. The van der Waals surface area contributed by atoms with Crippen LogP contribution in [0.1, 0.15) is 13.3 Å². The Balaban J connectivity index is 1.89. The number of hydrogen-bond acceptors (Lipinski definition) is 3. The van der Waals surface area contributed by atoms with Gasteiger partial charge in [-0.15, -0.1) is 0 Å². The first kappa shape index (κ1) is 20.7. The second-order valence-corrected chi connectivity index (χ2v) is 5.85. The van der Waals surface area contributed by atoms with Crippen LogP contribution in [0.25, 0.3) is 0 Å². The molecule has 0 aliphatic heterocycles. The lowest BCUT2D eigenvalue weighted by Crippen LogP contribution is -2.36. The van der Waals surface area contributed by atoms with Gasteiger partial charge in [-0.2, -0.15) is 0 Å². The Morgan fingerprint density at radius 3 is 2.56 bits per heavy atom. The van der Waals surface area contributed by atoms with Crippen molar-refractivity contribution in [3.63, 3.8) is 0 Å². The van der Waals surface area contributed by atoms with Gasteiger partial charge in [0.1, 0.15) is 18.2 Å². The second kappa shape index (κ2) is 9.91. The van der Waals surface area contributed by atoms with Crippen molar-refractivity contribution >= 4 is 11.6 Å². The van der Waals surface area contributed by atoms with E-state index < -0.39 is 34.9 Å². The fourth-order valence-electron chi connectivity index (χ4n) is 2.45. The summed E-state index contributed by atoms with van der Waals surface area (Å²) in [7, 11) is 0. The first-order valence-corrected chi connectivity index (χ1v) is 8.44. The molecule has 27 heavy (non-hydrogen) atoms.